The van der Waals surface area contributed by atoms with Crippen molar-refractivity contribution < 1.29 is 9.21 Å². The highest BCUT2D eigenvalue weighted by Crippen LogP contribution is 2.13. The summed E-state index contributed by atoms with van der Waals surface area (Å²) in [6, 6.07) is 3.54. The first-order chi connectivity index (χ1) is 7.19. The lowest BCUT2D eigenvalue weighted by atomic mass is 10.1. The maximum atomic E-state index is 11.7. The Balaban J connectivity index is 2.51. The van der Waals surface area contributed by atoms with Crippen LogP contribution < -0.4 is 11.1 Å². The molecule has 1 rings (SSSR count). The number of amides is 1. The highest BCUT2D eigenvalue weighted by molar-refractivity contribution is 5.79. The third-order valence-corrected chi connectivity index (χ3v) is 2.48. The largest absolute Gasteiger partial charge is 0.467 e. The van der Waals surface area contributed by atoms with Crippen LogP contribution in [-0.2, 0) is 4.79 Å². The molecular formula is C11H18N2O2. The zero-order chi connectivity index (χ0) is 11.3. The second-order valence-corrected chi connectivity index (χ2v) is 3.59. The Morgan fingerprint density at radius 2 is 2.40 bits per heavy atom. The number of nitrogens with two attached hydrogens (primary N) is 1. The minimum atomic E-state index is -0.109. The quantitative estimate of drug-likeness (QED) is 0.772. The van der Waals surface area contributed by atoms with Crippen LogP contribution in [0.4, 0.5) is 0 Å². The number of hydrogen-bond acceptors (Lipinski definition) is 3. The van der Waals surface area contributed by atoms with E-state index >= 15 is 0 Å². The highest BCUT2D eigenvalue weighted by Gasteiger charge is 2.18. The minimum Gasteiger partial charge on any atom is -0.467 e. The predicted molar refractivity (Wildman–Crippen MR) is 58.1 cm³/mol. The molecule has 1 aromatic heterocycles. The molecule has 0 radical (unpaired) electrons. The van der Waals surface area contributed by atoms with E-state index in [0.29, 0.717) is 6.54 Å². The minimum absolute atomic E-state index is 0.0103. The van der Waals surface area contributed by atoms with Crippen molar-refractivity contribution in [1.82, 2.24) is 5.32 Å². The van der Waals surface area contributed by atoms with Crippen LogP contribution >= 0.6 is 0 Å². The van der Waals surface area contributed by atoms with Gasteiger partial charge >= 0.3 is 0 Å². The Hall–Kier alpha value is -1.29. The van der Waals surface area contributed by atoms with Crippen LogP contribution in [-0.4, -0.2) is 12.5 Å². The zero-order valence-corrected chi connectivity index (χ0v) is 9.19. The summed E-state index contributed by atoms with van der Waals surface area (Å²) in [5, 5.41) is 2.87. The molecule has 0 aliphatic heterocycles. The number of hydrogen-bond donors (Lipinski definition) is 2. The van der Waals surface area contributed by atoms with Gasteiger partial charge < -0.3 is 15.5 Å². The van der Waals surface area contributed by atoms with E-state index in [-0.39, 0.29) is 17.9 Å². The van der Waals surface area contributed by atoms with E-state index in [2.05, 4.69) is 5.32 Å². The molecule has 0 aliphatic rings. The summed E-state index contributed by atoms with van der Waals surface area (Å²) in [4.78, 5) is 11.7. The number of furan rings is 1. The molecule has 1 amide bonds. The number of nitrogens with one attached hydrogen (secondary N) is 1. The van der Waals surface area contributed by atoms with Crippen molar-refractivity contribution in [2.75, 3.05) is 6.54 Å². The molecular weight excluding hydrogens is 192 g/mol. The van der Waals surface area contributed by atoms with Gasteiger partial charge in [0.2, 0.25) is 5.91 Å². The lowest BCUT2D eigenvalue weighted by Gasteiger charge is -2.16. The summed E-state index contributed by atoms with van der Waals surface area (Å²) >= 11 is 0. The van der Waals surface area contributed by atoms with Gasteiger partial charge in [0.15, 0.2) is 0 Å². The normalized spacial score (nSPS) is 14.6. The summed E-state index contributed by atoms with van der Waals surface area (Å²) in [5.74, 6) is 0.640. The topological polar surface area (TPSA) is 68.3 Å². The number of carbonyl (C=O) groups is 1. The van der Waals surface area contributed by atoms with E-state index in [1.165, 1.54) is 0 Å². The van der Waals surface area contributed by atoms with Gasteiger partial charge in [-0.1, -0.05) is 6.92 Å². The fraction of sp³-hybridized carbons (Fsp3) is 0.545. The van der Waals surface area contributed by atoms with Crippen LogP contribution in [0, 0.1) is 5.92 Å². The Bertz CT molecular complexity index is 292. The van der Waals surface area contributed by atoms with Crippen LogP contribution in [0.1, 0.15) is 32.1 Å². The lowest BCUT2D eigenvalue weighted by Crippen LogP contribution is -2.36. The number of rotatable bonds is 5. The van der Waals surface area contributed by atoms with Crippen molar-refractivity contribution in [2.45, 2.75) is 26.3 Å². The fourth-order valence-corrected chi connectivity index (χ4v) is 1.40. The molecule has 0 spiro atoms. The Morgan fingerprint density at radius 1 is 1.67 bits per heavy atom. The van der Waals surface area contributed by atoms with Crippen molar-refractivity contribution in [3.63, 3.8) is 0 Å². The van der Waals surface area contributed by atoms with Crippen molar-refractivity contribution >= 4 is 5.91 Å². The molecule has 0 bridgehead atoms. The molecule has 3 N–H and O–H groups in total. The average Bonchev–Trinajstić information content (AvgIpc) is 2.72. The molecule has 0 aromatic carbocycles. The van der Waals surface area contributed by atoms with Gasteiger partial charge in [0.25, 0.3) is 0 Å². The van der Waals surface area contributed by atoms with Crippen molar-refractivity contribution in [2.24, 2.45) is 11.7 Å². The van der Waals surface area contributed by atoms with Crippen molar-refractivity contribution in [1.29, 1.82) is 0 Å². The molecule has 0 fully saturated rings. The van der Waals surface area contributed by atoms with E-state index in [0.717, 1.165) is 12.2 Å². The molecule has 0 aliphatic carbocycles. The van der Waals surface area contributed by atoms with Crippen LogP contribution in [0.25, 0.3) is 0 Å². The molecule has 1 heterocycles. The van der Waals surface area contributed by atoms with E-state index < -0.39 is 0 Å². The predicted octanol–water partition coefficient (Wildman–Crippen LogP) is 1.44. The Morgan fingerprint density at radius 3 is 2.87 bits per heavy atom. The smallest absolute Gasteiger partial charge is 0.224 e. The van der Waals surface area contributed by atoms with Gasteiger partial charge in [-0.2, -0.15) is 0 Å². The van der Waals surface area contributed by atoms with Crippen molar-refractivity contribution in [3.8, 4) is 0 Å². The monoisotopic (exact) mass is 210 g/mol. The molecule has 15 heavy (non-hydrogen) atoms. The van der Waals surface area contributed by atoms with Gasteiger partial charge in [-0.15, -0.1) is 0 Å². The summed E-state index contributed by atoms with van der Waals surface area (Å²) in [5.41, 5.74) is 5.49. The summed E-state index contributed by atoms with van der Waals surface area (Å²) in [6.45, 7) is 4.22. The summed E-state index contributed by atoms with van der Waals surface area (Å²) < 4.78 is 5.20. The SMILES string of the molecule is CCC(CN)C(=O)NC(C)c1ccco1. The maximum Gasteiger partial charge on any atom is 0.224 e. The van der Waals surface area contributed by atoms with E-state index in [9.17, 15) is 4.79 Å². The standard InChI is InChI=1S/C11H18N2O2/c1-3-9(7-12)11(14)13-8(2)10-5-4-6-15-10/h4-6,8-9H,3,7,12H2,1-2H3,(H,13,14). The third kappa shape index (κ3) is 3.09. The number of carbonyl (C=O) groups excluding carboxylic acids is 1. The average molecular weight is 210 g/mol. The molecule has 84 valence electrons. The van der Waals surface area contributed by atoms with Crippen LogP contribution in [0.5, 0.6) is 0 Å². The molecule has 2 atom stereocenters. The van der Waals surface area contributed by atoms with Gasteiger partial charge in [-0.3, -0.25) is 4.79 Å². The molecule has 0 saturated carbocycles. The van der Waals surface area contributed by atoms with Crippen LogP contribution in [0.2, 0.25) is 0 Å². The Kier molecular flexibility index (Phi) is 4.37. The molecule has 1 aromatic rings. The molecule has 0 saturated heterocycles. The molecule has 2 unspecified atom stereocenters. The second-order valence-electron chi connectivity index (χ2n) is 3.59. The second kappa shape index (κ2) is 5.56. The fourth-order valence-electron chi connectivity index (χ4n) is 1.40. The Labute approximate surface area is 89.8 Å². The van der Waals surface area contributed by atoms with E-state index in [1.807, 2.05) is 19.9 Å². The van der Waals surface area contributed by atoms with Crippen molar-refractivity contribution in [3.05, 3.63) is 24.2 Å². The zero-order valence-electron chi connectivity index (χ0n) is 9.19. The summed E-state index contributed by atoms with van der Waals surface area (Å²) in [7, 11) is 0. The summed E-state index contributed by atoms with van der Waals surface area (Å²) in [6.07, 6.45) is 2.35. The van der Waals surface area contributed by atoms with E-state index in [1.54, 1.807) is 12.3 Å². The van der Waals surface area contributed by atoms with Crippen LogP contribution in [0.15, 0.2) is 22.8 Å². The first-order valence-electron chi connectivity index (χ1n) is 5.22. The van der Waals surface area contributed by atoms with Gasteiger partial charge in [0.1, 0.15) is 5.76 Å². The van der Waals surface area contributed by atoms with Gasteiger partial charge in [0.05, 0.1) is 12.3 Å². The lowest BCUT2D eigenvalue weighted by molar-refractivity contribution is -0.125. The van der Waals surface area contributed by atoms with Crippen LogP contribution in [0.3, 0.4) is 0 Å². The molecule has 4 heteroatoms. The third-order valence-electron chi connectivity index (χ3n) is 2.48. The highest BCUT2D eigenvalue weighted by atomic mass is 16.3. The van der Waals surface area contributed by atoms with Gasteiger partial charge in [-0.05, 0) is 25.5 Å². The van der Waals surface area contributed by atoms with Gasteiger partial charge in [0, 0.05) is 12.5 Å². The van der Waals surface area contributed by atoms with Gasteiger partial charge in [-0.25, -0.2) is 0 Å². The molecule has 4 nitrogen and oxygen atoms in total. The van der Waals surface area contributed by atoms with E-state index in [4.69, 9.17) is 10.2 Å². The first kappa shape index (κ1) is 11.8. The first-order valence-corrected chi connectivity index (χ1v) is 5.22. The maximum absolute atomic E-state index is 11.7.